The molecule has 3 rings (SSSR count). The van der Waals surface area contributed by atoms with Gasteiger partial charge in [0, 0.05) is 31.0 Å². The Hall–Kier alpha value is -2.39. The van der Waals surface area contributed by atoms with Crippen LogP contribution in [-0.2, 0) is 6.42 Å². The highest BCUT2D eigenvalue weighted by atomic mass is 16.5. The Kier molecular flexibility index (Phi) is 6.02. The zero-order valence-electron chi connectivity index (χ0n) is 14.7. The van der Waals surface area contributed by atoms with Crippen molar-refractivity contribution in [3.8, 4) is 16.9 Å². The molecule has 2 aromatic carbocycles. The van der Waals surface area contributed by atoms with Crippen LogP contribution in [-0.4, -0.2) is 25.0 Å². The van der Waals surface area contributed by atoms with Gasteiger partial charge in [0.1, 0.15) is 5.75 Å². The minimum Gasteiger partial charge on any atom is -0.496 e. The molecule has 0 amide bonds. The Morgan fingerprint density at radius 1 is 1.04 bits per heavy atom. The molecule has 0 unspecified atom stereocenters. The first-order chi connectivity index (χ1) is 12.3. The molecule has 0 fully saturated rings. The van der Waals surface area contributed by atoms with Gasteiger partial charge in [0.05, 0.1) is 7.11 Å². The fourth-order valence-corrected chi connectivity index (χ4v) is 3.19. The number of hydrogen-bond donors (Lipinski definition) is 1. The summed E-state index contributed by atoms with van der Waals surface area (Å²) in [6.45, 7) is 0.285. The van der Waals surface area contributed by atoms with Gasteiger partial charge in [0.25, 0.3) is 0 Å². The van der Waals surface area contributed by atoms with E-state index in [0.29, 0.717) is 0 Å². The smallest absolute Gasteiger partial charge is 0.127 e. The van der Waals surface area contributed by atoms with E-state index in [4.69, 9.17) is 9.84 Å². The fourth-order valence-electron chi connectivity index (χ4n) is 3.19. The topological polar surface area (TPSA) is 41.8 Å². The van der Waals surface area contributed by atoms with E-state index in [2.05, 4.69) is 47.5 Å². The second kappa shape index (κ2) is 8.63. The third kappa shape index (κ3) is 4.37. The zero-order valence-corrected chi connectivity index (χ0v) is 14.7. The van der Waals surface area contributed by atoms with Crippen molar-refractivity contribution >= 4 is 11.8 Å². The average molecular weight is 335 g/mol. The average Bonchev–Trinajstić information content (AvgIpc) is 3.19. The number of benzene rings is 2. The molecule has 2 aromatic rings. The molecule has 0 aliphatic carbocycles. The van der Waals surface area contributed by atoms with Crippen molar-refractivity contribution in [2.45, 2.75) is 32.1 Å². The van der Waals surface area contributed by atoms with Gasteiger partial charge in [0.15, 0.2) is 0 Å². The molecular weight excluding hydrogens is 310 g/mol. The van der Waals surface area contributed by atoms with Gasteiger partial charge in [-0.1, -0.05) is 42.8 Å². The lowest BCUT2D eigenvalue weighted by molar-refractivity contribution is 0.283. The predicted molar refractivity (Wildman–Crippen MR) is 104 cm³/mol. The monoisotopic (exact) mass is 335 g/mol. The summed E-state index contributed by atoms with van der Waals surface area (Å²) in [5.41, 5.74) is 6.02. The van der Waals surface area contributed by atoms with E-state index in [-0.39, 0.29) is 6.61 Å². The highest BCUT2D eigenvalue weighted by Crippen LogP contribution is 2.34. The largest absolute Gasteiger partial charge is 0.496 e. The Balaban J connectivity index is 1.79. The van der Waals surface area contributed by atoms with Gasteiger partial charge < -0.3 is 9.84 Å². The van der Waals surface area contributed by atoms with Crippen LogP contribution in [0.5, 0.6) is 5.75 Å². The molecule has 0 spiro atoms. The third-order valence-electron chi connectivity index (χ3n) is 4.58. The van der Waals surface area contributed by atoms with Gasteiger partial charge in [-0.2, -0.15) is 0 Å². The minimum atomic E-state index is 0.285. The summed E-state index contributed by atoms with van der Waals surface area (Å²) in [4.78, 5) is 4.19. The van der Waals surface area contributed by atoms with Gasteiger partial charge in [-0.25, -0.2) is 0 Å². The maximum absolute atomic E-state index is 8.88. The number of unbranched alkanes of at least 4 members (excludes halogenated alkanes) is 2. The Bertz CT molecular complexity index is 777. The standard InChI is InChI=1S/C22H25NO2/c1-25-22-15-19(9-10-21(22)20-11-12-23-16-20)18-8-5-7-17(14-18)6-3-2-4-13-24/h5,7-10,12,14-16,24H,2-4,6,11,13H2,1H3. The first-order valence-electron chi connectivity index (χ1n) is 8.91. The van der Waals surface area contributed by atoms with Crippen molar-refractivity contribution in [2.75, 3.05) is 13.7 Å². The van der Waals surface area contributed by atoms with Gasteiger partial charge >= 0.3 is 0 Å². The van der Waals surface area contributed by atoms with Crippen molar-refractivity contribution < 1.29 is 9.84 Å². The number of ether oxygens (including phenoxy) is 1. The number of aryl methyl sites for hydroxylation is 1. The molecule has 0 saturated carbocycles. The van der Waals surface area contributed by atoms with Crippen molar-refractivity contribution in [1.82, 2.24) is 0 Å². The summed E-state index contributed by atoms with van der Waals surface area (Å²) >= 11 is 0. The second-order valence-corrected chi connectivity index (χ2v) is 6.34. The Labute approximate surface area is 149 Å². The van der Waals surface area contributed by atoms with Gasteiger partial charge in [-0.3, -0.25) is 4.99 Å². The summed E-state index contributed by atoms with van der Waals surface area (Å²) in [6, 6.07) is 15.1. The van der Waals surface area contributed by atoms with Crippen LogP contribution >= 0.6 is 0 Å². The third-order valence-corrected chi connectivity index (χ3v) is 4.58. The zero-order chi connectivity index (χ0) is 17.5. The van der Waals surface area contributed by atoms with Crippen LogP contribution in [0.25, 0.3) is 16.7 Å². The molecule has 3 nitrogen and oxygen atoms in total. The van der Waals surface area contributed by atoms with E-state index in [1.54, 1.807) is 7.11 Å². The SMILES string of the molecule is COc1cc(-c2cccc(CCCCCO)c2)ccc1C1=CN=CC1. The van der Waals surface area contributed by atoms with Crippen LogP contribution < -0.4 is 4.74 Å². The van der Waals surface area contributed by atoms with Crippen LogP contribution in [0.4, 0.5) is 0 Å². The van der Waals surface area contributed by atoms with Crippen LogP contribution in [0.15, 0.2) is 53.7 Å². The molecule has 1 aliphatic rings. The van der Waals surface area contributed by atoms with Crippen molar-refractivity contribution in [1.29, 1.82) is 0 Å². The summed E-state index contributed by atoms with van der Waals surface area (Å²) in [6.07, 6.45) is 8.80. The second-order valence-electron chi connectivity index (χ2n) is 6.34. The van der Waals surface area contributed by atoms with Gasteiger partial charge in [-0.05, 0) is 47.6 Å². The number of aliphatic hydroxyl groups is 1. The number of allylic oxidation sites excluding steroid dienone is 1. The molecular formula is C22H25NO2. The van der Waals surface area contributed by atoms with E-state index >= 15 is 0 Å². The summed E-state index contributed by atoms with van der Waals surface area (Å²) < 4.78 is 5.62. The van der Waals surface area contributed by atoms with E-state index < -0.39 is 0 Å². The lowest BCUT2D eigenvalue weighted by atomic mass is 9.96. The predicted octanol–water partition coefficient (Wildman–Crippen LogP) is 4.88. The summed E-state index contributed by atoms with van der Waals surface area (Å²) in [7, 11) is 1.72. The van der Waals surface area contributed by atoms with E-state index in [9.17, 15) is 0 Å². The number of rotatable bonds is 8. The molecule has 0 aromatic heterocycles. The first kappa shape index (κ1) is 17.4. The van der Waals surface area contributed by atoms with Crippen LogP contribution in [0, 0.1) is 0 Å². The molecule has 1 N–H and O–H groups in total. The molecule has 0 atom stereocenters. The highest BCUT2D eigenvalue weighted by Gasteiger charge is 2.12. The van der Waals surface area contributed by atoms with Crippen LogP contribution in [0.2, 0.25) is 0 Å². The lowest BCUT2D eigenvalue weighted by Crippen LogP contribution is -1.93. The number of aliphatic hydroxyl groups excluding tert-OH is 1. The summed E-state index contributed by atoms with van der Waals surface area (Å²) in [5, 5.41) is 8.88. The highest BCUT2D eigenvalue weighted by molar-refractivity contribution is 5.87. The van der Waals surface area contributed by atoms with E-state index in [1.807, 2.05) is 12.4 Å². The molecule has 0 saturated heterocycles. The van der Waals surface area contributed by atoms with Crippen molar-refractivity contribution in [3.05, 3.63) is 59.8 Å². The molecule has 130 valence electrons. The number of aliphatic imine (C=N–C) groups is 1. The van der Waals surface area contributed by atoms with Crippen molar-refractivity contribution in [3.63, 3.8) is 0 Å². The quantitative estimate of drug-likeness (QED) is 0.698. The Morgan fingerprint density at radius 3 is 2.68 bits per heavy atom. The van der Waals surface area contributed by atoms with Crippen LogP contribution in [0.3, 0.4) is 0 Å². The molecule has 0 bridgehead atoms. The van der Waals surface area contributed by atoms with E-state index in [0.717, 1.165) is 49.0 Å². The molecule has 3 heteroatoms. The van der Waals surface area contributed by atoms with Crippen LogP contribution in [0.1, 0.15) is 36.8 Å². The van der Waals surface area contributed by atoms with Crippen molar-refractivity contribution in [2.24, 2.45) is 4.99 Å². The number of hydrogen-bond acceptors (Lipinski definition) is 3. The maximum atomic E-state index is 8.88. The fraction of sp³-hybridized carbons (Fsp3) is 0.318. The van der Waals surface area contributed by atoms with Gasteiger partial charge in [-0.15, -0.1) is 0 Å². The lowest BCUT2D eigenvalue weighted by Gasteiger charge is -2.12. The Morgan fingerprint density at radius 2 is 1.92 bits per heavy atom. The molecule has 25 heavy (non-hydrogen) atoms. The minimum absolute atomic E-state index is 0.285. The molecule has 1 aliphatic heterocycles. The molecule has 0 radical (unpaired) electrons. The summed E-state index contributed by atoms with van der Waals surface area (Å²) in [5.74, 6) is 0.891. The molecule has 1 heterocycles. The van der Waals surface area contributed by atoms with Gasteiger partial charge in [0.2, 0.25) is 0 Å². The maximum Gasteiger partial charge on any atom is 0.127 e. The first-order valence-corrected chi connectivity index (χ1v) is 8.91. The number of nitrogens with zero attached hydrogens (tertiary/aromatic N) is 1. The van der Waals surface area contributed by atoms with E-state index in [1.165, 1.54) is 16.7 Å². The normalized spacial score (nSPS) is 13.1. The number of methoxy groups -OCH3 is 1.